The van der Waals surface area contributed by atoms with Gasteiger partial charge in [-0.2, -0.15) is 0 Å². The third kappa shape index (κ3) is 3.02. The lowest BCUT2D eigenvalue weighted by atomic mass is 10.2. The van der Waals surface area contributed by atoms with Gasteiger partial charge >= 0.3 is 5.97 Å². The summed E-state index contributed by atoms with van der Waals surface area (Å²) in [5.74, 6) is -3.56. The highest BCUT2D eigenvalue weighted by Gasteiger charge is 2.27. The van der Waals surface area contributed by atoms with Crippen molar-refractivity contribution in [3.8, 4) is 5.75 Å². The lowest BCUT2D eigenvalue weighted by Gasteiger charge is -2.21. The Labute approximate surface area is 137 Å². The summed E-state index contributed by atoms with van der Waals surface area (Å²) in [6.45, 7) is 0. The molecular formula is C15H13F2NO5S. The number of carbonyl (C=O) groups is 1. The number of rotatable bonds is 5. The number of sulfonamides is 1. The van der Waals surface area contributed by atoms with Gasteiger partial charge in [-0.1, -0.05) is 6.07 Å². The first kappa shape index (κ1) is 17.7. The van der Waals surface area contributed by atoms with Gasteiger partial charge in [0, 0.05) is 7.05 Å². The maximum absolute atomic E-state index is 13.8. The minimum absolute atomic E-state index is 0.0406. The number of ether oxygens (including phenoxy) is 1. The second-order valence-corrected chi connectivity index (χ2v) is 6.68. The van der Waals surface area contributed by atoms with E-state index in [2.05, 4.69) is 0 Å². The summed E-state index contributed by atoms with van der Waals surface area (Å²) in [6.07, 6.45) is 0. The number of hydrogen-bond donors (Lipinski definition) is 1. The van der Waals surface area contributed by atoms with Gasteiger partial charge in [0.2, 0.25) is 0 Å². The van der Waals surface area contributed by atoms with Crippen LogP contribution in [0, 0.1) is 11.6 Å². The normalized spacial score (nSPS) is 11.2. The van der Waals surface area contributed by atoms with Gasteiger partial charge in [0.05, 0.1) is 12.0 Å². The van der Waals surface area contributed by atoms with Crippen LogP contribution in [0.1, 0.15) is 10.4 Å². The van der Waals surface area contributed by atoms with Crippen LogP contribution in [0.2, 0.25) is 0 Å². The van der Waals surface area contributed by atoms with Gasteiger partial charge in [0.1, 0.15) is 17.0 Å². The number of carboxylic acids is 1. The van der Waals surface area contributed by atoms with Crippen LogP contribution < -0.4 is 9.04 Å². The lowest BCUT2D eigenvalue weighted by Crippen LogP contribution is -2.28. The lowest BCUT2D eigenvalue weighted by molar-refractivity contribution is 0.0693. The molecule has 0 heterocycles. The van der Waals surface area contributed by atoms with Crippen LogP contribution in [0.25, 0.3) is 0 Å². The van der Waals surface area contributed by atoms with Gasteiger partial charge in [0.25, 0.3) is 10.0 Å². The van der Waals surface area contributed by atoms with Gasteiger partial charge in [-0.25, -0.2) is 22.0 Å². The van der Waals surface area contributed by atoms with Crippen molar-refractivity contribution in [1.29, 1.82) is 0 Å². The van der Waals surface area contributed by atoms with E-state index < -0.39 is 38.2 Å². The molecule has 0 amide bonds. The van der Waals surface area contributed by atoms with Crippen molar-refractivity contribution in [3.63, 3.8) is 0 Å². The molecule has 1 N–H and O–H groups in total. The average molecular weight is 357 g/mol. The molecule has 0 atom stereocenters. The Kier molecular flexibility index (Phi) is 4.74. The SMILES string of the molecule is COc1ccc(S(=O)(=O)N(C)c2c(F)cccc2F)cc1C(=O)O. The smallest absolute Gasteiger partial charge is 0.339 e. The number of nitrogens with zero attached hydrogens (tertiary/aromatic N) is 1. The first-order chi connectivity index (χ1) is 11.2. The first-order valence-electron chi connectivity index (χ1n) is 6.54. The number of aromatic carboxylic acids is 1. The molecule has 0 aromatic heterocycles. The van der Waals surface area contributed by atoms with Crippen molar-refractivity contribution >= 4 is 21.7 Å². The fourth-order valence-electron chi connectivity index (χ4n) is 2.08. The molecule has 0 bridgehead atoms. The number of carboxylic acid groups (broad SMARTS) is 1. The summed E-state index contributed by atoms with van der Waals surface area (Å²) in [4.78, 5) is 10.8. The molecule has 2 aromatic rings. The molecular weight excluding hydrogens is 344 g/mol. The maximum atomic E-state index is 13.8. The highest BCUT2D eigenvalue weighted by Crippen LogP contribution is 2.29. The van der Waals surface area contributed by atoms with E-state index in [0.717, 1.165) is 43.4 Å². The van der Waals surface area contributed by atoms with E-state index >= 15 is 0 Å². The Hall–Kier alpha value is -2.68. The largest absolute Gasteiger partial charge is 0.496 e. The number of anilines is 1. The number of para-hydroxylation sites is 1. The zero-order valence-corrected chi connectivity index (χ0v) is 13.5. The molecule has 0 saturated carbocycles. The van der Waals surface area contributed by atoms with Crippen molar-refractivity contribution < 1.29 is 31.8 Å². The minimum atomic E-state index is -4.38. The van der Waals surface area contributed by atoms with Crippen LogP contribution in [0.15, 0.2) is 41.3 Å². The molecule has 6 nitrogen and oxygen atoms in total. The fourth-order valence-corrected chi connectivity index (χ4v) is 3.32. The highest BCUT2D eigenvalue weighted by atomic mass is 32.2. The van der Waals surface area contributed by atoms with E-state index in [0.29, 0.717) is 4.31 Å². The van der Waals surface area contributed by atoms with E-state index in [1.54, 1.807) is 0 Å². The van der Waals surface area contributed by atoms with Crippen molar-refractivity contribution in [1.82, 2.24) is 0 Å². The minimum Gasteiger partial charge on any atom is -0.496 e. The van der Waals surface area contributed by atoms with Gasteiger partial charge in [-0.05, 0) is 30.3 Å². The topological polar surface area (TPSA) is 83.9 Å². The Balaban J connectivity index is 2.59. The summed E-state index contributed by atoms with van der Waals surface area (Å²) >= 11 is 0. The molecule has 0 aliphatic rings. The van der Waals surface area contributed by atoms with E-state index in [9.17, 15) is 22.0 Å². The number of benzene rings is 2. The molecule has 24 heavy (non-hydrogen) atoms. The molecule has 0 unspecified atom stereocenters. The zero-order chi connectivity index (χ0) is 18.1. The second kappa shape index (κ2) is 6.44. The van der Waals surface area contributed by atoms with E-state index in [1.807, 2.05) is 0 Å². The van der Waals surface area contributed by atoms with Crippen LogP contribution in [-0.4, -0.2) is 33.7 Å². The van der Waals surface area contributed by atoms with Crippen LogP contribution in [0.3, 0.4) is 0 Å². The van der Waals surface area contributed by atoms with Crippen molar-refractivity contribution in [2.24, 2.45) is 0 Å². The Bertz CT molecular complexity index is 878. The summed E-state index contributed by atoms with van der Waals surface area (Å²) in [5.41, 5.74) is -1.15. The molecule has 2 aromatic carbocycles. The summed E-state index contributed by atoms with van der Waals surface area (Å²) in [7, 11) is -2.18. The Morgan fingerprint density at radius 1 is 1.17 bits per heavy atom. The first-order valence-corrected chi connectivity index (χ1v) is 7.98. The predicted octanol–water partition coefficient (Wildman–Crippen LogP) is 2.50. The quantitative estimate of drug-likeness (QED) is 0.889. The molecule has 9 heteroatoms. The molecule has 128 valence electrons. The Morgan fingerprint density at radius 2 is 1.75 bits per heavy atom. The monoisotopic (exact) mass is 357 g/mol. The summed E-state index contributed by atoms with van der Waals surface area (Å²) < 4.78 is 58.0. The molecule has 0 aliphatic heterocycles. The molecule has 0 aliphatic carbocycles. The third-order valence-electron chi connectivity index (χ3n) is 3.31. The van der Waals surface area contributed by atoms with Gasteiger partial charge in [-0.3, -0.25) is 4.31 Å². The van der Waals surface area contributed by atoms with Gasteiger partial charge in [-0.15, -0.1) is 0 Å². The van der Waals surface area contributed by atoms with Crippen molar-refractivity contribution in [2.45, 2.75) is 4.90 Å². The fraction of sp³-hybridized carbons (Fsp3) is 0.133. The maximum Gasteiger partial charge on any atom is 0.339 e. The third-order valence-corrected chi connectivity index (χ3v) is 5.07. The summed E-state index contributed by atoms with van der Waals surface area (Å²) in [5, 5.41) is 9.12. The average Bonchev–Trinajstić information content (AvgIpc) is 2.53. The molecule has 0 spiro atoms. The molecule has 2 rings (SSSR count). The van der Waals surface area contributed by atoms with Crippen molar-refractivity contribution in [2.75, 3.05) is 18.5 Å². The second-order valence-electron chi connectivity index (χ2n) is 4.71. The van der Waals surface area contributed by atoms with Crippen molar-refractivity contribution in [3.05, 3.63) is 53.6 Å². The summed E-state index contributed by atoms with van der Waals surface area (Å²) in [6, 6.07) is 6.05. The van der Waals surface area contributed by atoms with Crippen LogP contribution in [-0.2, 0) is 10.0 Å². The van der Waals surface area contributed by atoms with Gasteiger partial charge in [0.15, 0.2) is 11.6 Å². The van der Waals surface area contributed by atoms with Crippen LogP contribution in [0.4, 0.5) is 14.5 Å². The molecule has 0 saturated heterocycles. The highest BCUT2D eigenvalue weighted by molar-refractivity contribution is 7.92. The van der Waals surface area contributed by atoms with E-state index in [1.165, 1.54) is 7.11 Å². The standard InChI is InChI=1S/C15H13F2NO5S/c1-18(14-11(16)4-3-5-12(14)17)24(21,22)9-6-7-13(23-2)10(8-9)15(19)20/h3-8H,1-2H3,(H,19,20). The van der Waals surface area contributed by atoms with Crippen LogP contribution in [0.5, 0.6) is 5.75 Å². The Morgan fingerprint density at radius 3 is 2.25 bits per heavy atom. The van der Waals surface area contributed by atoms with Gasteiger partial charge < -0.3 is 9.84 Å². The molecule has 0 fully saturated rings. The zero-order valence-electron chi connectivity index (χ0n) is 12.7. The van der Waals surface area contributed by atoms with E-state index in [-0.39, 0.29) is 11.3 Å². The number of hydrogen-bond acceptors (Lipinski definition) is 4. The van der Waals surface area contributed by atoms with E-state index in [4.69, 9.17) is 9.84 Å². The number of halogens is 2. The number of methoxy groups -OCH3 is 1. The van der Waals surface area contributed by atoms with Crippen LogP contribution >= 0.6 is 0 Å². The molecule has 0 radical (unpaired) electrons. The predicted molar refractivity (Wildman–Crippen MR) is 81.9 cm³/mol.